The van der Waals surface area contributed by atoms with Crippen molar-refractivity contribution in [3.63, 3.8) is 0 Å². The monoisotopic (exact) mass is 325 g/mol. The molecule has 8 heteroatoms. The minimum atomic E-state index is -0.421. The number of carbonyl (C=O) groups is 2. The third kappa shape index (κ3) is 3.93. The Morgan fingerprint density at radius 1 is 1.26 bits per heavy atom. The van der Waals surface area contributed by atoms with Crippen LogP contribution in [0.5, 0.6) is 0 Å². The van der Waals surface area contributed by atoms with Crippen molar-refractivity contribution in [3.8, 4) is 0 Å². The third-order valence-corrected chi connectivity index (χ3v) is 4.19. The SMILES string of the molecule is CCCCCN1C(=NCCCOC)NC2C1C(=O)NC(=O)N2C. The van der Waals surface area contributed by atoms with Gasteiger partial charge in [-0.3, -0.25) is 15.1 Å². The Bertz CT molecular complexity index is 468. The molecule has 0 bridgehead atoms. The fourth-order valence-electron chi connectivity index (χ4n) is 2.89. The van der Waals surface area contributed by atoms with Crippen LogP contribution in [0.3, 0.4) is 0 Å². The molecule has 0 spiro atoms. The maximum atomic E-state index is 12.3. The van der Waals surface area contributed by atoms with Crippen molar-refractivity contribution in [2.75, 3.05) is 33.9 Å². The van der Waals surface area contributed by atoms with Gasteiger partial charge in [-0.15, -0.1) is 0 Å². The zero-order chi connectivity index (χ0) is 16.8. The number of guanidine groups is 1. The van der Waals surface area contributed by atoms with E-state index in [1.54, 1.807) is 14.2 Å². The predicted molar refractivity (Wildman–Crippen MR) is 87.0 cm³/mol. The number of urea groups is 1. The minimum absolute atomic E-state index is 0.260. The molecule has 2 heterocycles. The van der Waals surface area contributed by atoms with Crippen molar-refractivity contribution in [2.24, 2.45) is 4.99 Å². The van der Waals surface area contributed by atoms with E-state index in [1.165, 1.54) is 4.90 Å². The van der Waals surface area contributed by atoms with E-state index in [0.717, 1.165) is 32.2 Å². The molecule has 0 aromatic rings. The molecule has 2 fully saturated rings. The average molecular weight is 325 g/mol. The first-order chi connectivity index (χ1) is 11.1. The molecular formula is C15H27N5O3. The molecule has 0 aromatic carbocycles. The number of nitrogens with one attached hydrogen (secondary N) is 2. The van der Waals surface area contributed by atoms with Gasteiger partial charge in [-0.05, 0) is 12.8 Å². The lowest BCUT2D eigenvalue weighted by molar-refractivity contribution is -0.127. The van der Waals surface area contributed by atoms with E-state index >= 15 is 0 Å². The molecule has 2 aliphatic heterocycles. The van der Waals surface area contributed by atoms with Crippen LogP contribution in [0.4, 0.5) is 4.79 Å². The lowest BCUT2D eigenvalue weighted by Crippen LogP contribution is -2.64. The van der Waals surface area contributed by atoms with Crippen LogP contribution in [-0.2, 0) is 9.53 Å². The van der Waals surface area contributed by atoms with Gasteiger partial charge in [-0.2, -0.15) is 0 Å². The van der Waals surface area contributed by atoms with Gasteiger partial charge in [0.05, 0.1) is 0 Å². The molecule has 2 aliphatic rings. The maximum absolute atomic E-state index is 12.3. The molecule has 2 unspecified atom stereocenters. The number of fused-ring (bicyclic) bond motifs is 1. The van der Waals surface area contributed by atoms with Crippen molar-refractivity contribution < 1.29 is 14.3 Å². The van der Waals surface area contributed by atoms with Gasteiger partial charge in [0, 0.05) is 33.9 Å². The summed E-state index contributed by atoms with van der Waals surface area (Å²) in [6, 6.07) is -0.798. The smallest absolute Gasteiger partial charge is 0.325 e. The molecule has 8 nitrogen and oxygen atoms in total. The van der Waals surface area contributed by atoms with Gasteiger partial charge in [0.1, 0.15) is 6.17 Å². The van der Waals surface area contributed by atoms with Crippen molar-refractivity contribution in [1.29, 1.82) is 0 Å². The number of rotatable bonds is 8. The molecule has 2 atom stereocenters. The molecule has 130 valence electrons. The van der Waals surface area contributed by atoms with Crippen LogP contribution < -0.4 is 10.6 Å². The average Bonchev–Trinajstić information content (AvgIpc) is 2.89. The van der Waals surface area contributed by atoms with Gasteiger partial charge < -0.3 is 19.9 Å². The molecule has 23 heavy (non-hydrogen) atoms. The summed E-state index contributed by atoms with van der Waals surface area (Å²) in [4.78, 5) is 32.2. The highest BCUT2D eigenvalue weighted by atomic mass is 16.5. The molecular weight excluding hydrogens is 298 g/mol. The molecule has 0 aliphatic carbocycles. The lowest BCUT2D eigenvalue weighted by atomic mass is 10.1. The number of unbranched alkanes of at least 4 members (excludes halogenated alkanes) is 2. The summed E-state index contributed by atoms with van der Waals surface area (Å²) >= 11 is 0. The van der Waals surface area contributed by atoms with Crippen LogP contribution >= 0.6 is 0 Å². The largest absolute Gasteiger partial charge is 0.385 e. The highest BCUT2D eigenvalue weighted by Gasteiger charge is 2.49. The number of carbonyl (C=O) groups excluding carboxylic acids is 2. The summed E-state index contributed by atoms with van der Waals surface area (Å²) < 4.78 is 5.04. The number of hydrogen-bond donors (Lipinski definition) is 2. The number of aliphatic imine (C=N–C) groups is 1. The van der Waals surface area contributed by atoms with Crippen LogP contribution in [0.15, 0.2) is 4.99 Å². The third-order valence-electron chi connectivity index (χ3n) is 4.19. The number of likely N-dealkylation sites (N-methyl/N-ethyl adjacent to an activating group) is 1. The van der Waals surface area contributed by atoms with Crippen molar-refractivity contribution >= 4 is 17.9 Å². The normalized spacial score (nSPS) is 25.6. The van der Waals surface area contributed by atoms with Gasteiger partial charge in [-0.1, -0.05) is 19.8 Å². The van der Waals surface area contributed by atoms with Crippen LogP contribution in [0, 0.1) is 0 Å². The number of hydrogen-bond acceptors (Lipinski definition) is 4. The van der Waals surface area contributed by atoms with Crippen LogP contribution in [0.1, 0.15) is 32.6 Å². The number of imide groups is 1. The second-order valence-corrected chi connectivity index (χ2v) is 5.89. The highest BCUT2D eigenvalue weighted by molar-refractivity contribution is 6.04. The van der Waals surface area contributed by atoms with E-state index in [4.69, 9.17) is 4.74 Å². The minimum Gasteiger partial charge on any atom is -0.385 e. The number of amides is 3. The van der Waals surface area contributed by atoms with Crippen molar-refractivity contribution in [1.82, 2.24) is 20.4 Å². The second kappa shape index (κ2) is 8.14. The maximum Gasteiger partial charge on any atom is 0.325 e. The predicted octanol–water partition coefficient (Wildman–Crippen LogP) is 0.351. The molecule has 2 rings (SSSR count). The first kappa shape index (κ1) is 17.5. The van der Waals surface area contributed by atoms with E-state index in [1.807, 2.05) is 4.90 Å². The quantitative estimate of drug-likeness (QED) is 0.629. The van der Waals surface area contributed by atoms with E-state index in [-0.39, 0.29) is 18.1 Å². The molecule has 3 amide bonds. The molecule has 2 saturated heterocycles. The second-order valence-electron chi connectivity index (χ2n) is 5.89. The molecule has 2 N–H and O–H groups in total. The lowest BCUT2D eigenvalue weighted by Gasteiger charge is -2.35. The zero-order valence-corrected chi connectivity index (χ0v) is 14.2. The van der Waals surface area contributed by atoms with Gasteiger partial charge in [-0.25, -0.2) is 4.79 Å². The van der Waals surface area contributed by atoms with Crippen molar-refractivity contribution in [3.05, 3.63) is 0 Å². The summed E-state index contributed by atoms with van der Waals surface area (Å²) in [6.45, 7) is 4.17. The van der Waals surface area contributed by atoms with E-state index in [2.05, 4.69) is 22.5 Å². The van der Waals surface area contributed by atoms with Gasteiger partial charge >= 0.3 is 6.03 Å². The van der Waals surface area contributed by atoms with Crippen LogP contribution in [0.25, 0.3) is 0 Å². The van der Waals surface area contributed by atoms with Crippen molar-refractivity contribution in [2.45, 2.75) is 44.8 Å². The fraction of sp³-hybridized carbons (Fsp3) is 0.800. The first-order valence-electron chi connectivity index (χ1n) is 8.24. The Morgan fingerprint density at radius 2 is 2.04 bits per heavy atom. The van der Waals surface area contributed by atoms with Gasteiger partial charge in [0.15, 0.2) is 12.0 Å². The van der Waals surface area contributed by atoms with E-state index in [0.29, 0.717) is 19.1 Å². The summed E-state index contributed by atoms with van der Waals surface area (Å²) in [6.07, 6.45) is 3.66. The van der Waals surface area contributed by atoms with Crippen LogP contribution in [0.2, 0.25) is 0 Å². The summed E-state index contributed by atoms with van der Waals surface area (Å²) in [5.74, 6) is 0.438. The Kier molecular flexibility index (Phi) is 6.20. The van der Waals surface area contributed by atoms with Gasteiger partial charge in [0.25, 0.3) is 5.91 Å². The number of ether oxygens (including phenoxy) is 1. The summed E-state index contributed by atoms with van der Waals surface area (Å²) in [5.41, 5.74) is 0. The van der Waals surface area contributed by atoms with E-state index in [9.17, 15) is 9.59 Å². The van der Waals surface area contributed by atoms with Crippen LogP contribution in [-0.4, -0.2) is 73.8 Å². The Morgan fingerprint density at radius 3 is 2.74 bits per heavy atom. The first-order valence-corrected chi connectivity index (χ1v) is 8.24. The Balaban J connectivity index is 2.12. The molecule has 0 radical (unpaired) electrons. The summed E-state index contributed by atoms with van der Waals surface area (Å²) in [7, 11) is 3.35. The Hall–Kier alpha value is -1.83. The Labute approximate surface area is 137 Å². The zero-order valence-electron chi connectivity index (χ0n) is 14.2. The van der Waals surface area contributed by atoms with Gasteiger partial charge in [0.2, 0.25) is 0 Å². The van der Waals surface area contributed by atoms with E-state index < -0.39 is 6.04 Å². The molecule has 0 saturated carbocycles. The molecule has 0 aromatic heterocycles. The number of methoxy groups -OCH3 is 1. The fourth-order valence-corrected chi connectivity index (χ4v) is 2.89. The standard InChI is InChI=1S/C15H27N5O3/c1-4-5-6-9-20-11-12(19(2)15(22)18-13(11)21)17-14(20)16-8-7-10-23-3/h11-12H,4-10H2,1-3H3,(H,16,17)(H,18,21,22). The number of nitrogens with zero attached hydrogens (tertiary/aromatic N) is 3. The highest BCUT2D eigenvalue weighted by Crippen LogP contribution is 2.21. The summed E-state index contributed by atoms with van der Waals surface area (Å²) in [5, 5.41) is 5.65. The topological polar surface area (TPSA) is 86.3 Å².